The van der Waals surface area contributed by atoms with Crippen LogP contribution in [-0.2, 0) is 4.79 Å². The first kappa shape index (κ1) is 18.5. The highest BCUT2D eigenvalue weighted by molar-refractivity contribution is 6.09. The van der Waals surface area contributed by atoms with Gasteiger partial charge in [-0.15, -0.1) is 0 Å². The van der Waals surface area contributed by atoms with Crippen molar-refractivity contribution in [1.29, 1.82) is 5.26 Å². The Hall–Kier alpha value is -3.86. The van der Waals surface area contributed by atoms with Gasteiger partial charge in [-0.05, 0) is 42.3 Å². The van der Waals surface area contributed by atoms with Gasteiger partial charge in [-0.3, -0.25) is 14.9 Å². The Bertz CT molecular complexity index is 944. The number of benzene rings is 2. The lowest BCUT2D eigenvalue weighted by atomic mass is 10.1. The van der Waals surface area contributed by atoms with E-state index in [0.29, 0.717) is 5.69 Å². The molecule has 0 aromatic heterocycles. The number of phenolic OH excluding ortho intramolecular Hbond substituents is 1. The fraction of sp³-hybridized carbons (Fsp3) is 0.111. The number of hydrogen-bond acceptors (Lipinski definition) is 6. The largest absolute Gasteiger partial charge is 0.500 e. The van der Waals surface area contributed by atoms with Gasteiger partial charge < -0.3 is 15.2 Å². The molecule has 0 heterocycles. The van der Waals surface area contributed by atoms with Crippen molar-refractivity contribution in [1.82, 2.24) is 0 Å². The fourth-order valence-electron chi connectivity index (χ4n) is 2.23. The third kappa shape index (κ3) is 4.15. The van der Waals surface area contributed by atoms with Crippen molar-refractivity contribution in [2.24, 2.45) is 0 Å². The van der Waals surface area contributed by atoms with Crippen LogP contribution in [0.1, 0.15) is 11.1 Å². The average Bonchev–Trinajstić information content (AvgIpc) is 2.60. The monoisotopic (exact) mass is 353 g/mol. The minimum absolute atomic E-state index is 0.137. The number of carbonyl (C=O) groups excluding carboxylic acids is 1. The second-order valence-corrected chi connectivity index (χ2v) is 5.34. The summed E-state index contributed by atoms with van der Waals surface area (Å²) in [5.41, 5.74) is 0.775. The molecule has 0 bridgehead atoms. The number of carbonyl (C=O) groups is 1. The molecule has 2 aromatic rings. The number of nitro benzene ring substituents is 1. The van der Waals surface area contributed by atoms with Crippen LogP contribution < -0.4 is 10.1 Å². The summed E-state index contributed by atoms with van der Waals surface area (Å²) in [6.45, 7) is 1.86. The molecule has 0 saturated heterocycles. The van der Waals surface area contributed by atoms with Crippen LogP contribution in [0.4, 0.5) is 11.4 Å². The maximum Gasteiger partial charge on any atom is 0.315 e. The van der Waals surface area contributed by atoms with E-state index in [9.17, 15) is 25.3 Å². The zero-order chi connectivity index (χ0) is 19.3. The van der Waals surface area contributed by atoms with E-state index < -0.39 is 22.3 Å². The molecule has 2 rings (SSSR count). The molecule has 0 spiro atoms. The Morgan fingerprint density at radius 1 is 1.38 bits per heavy atom. The van der Waals surface area contributed by atoms with Crippen LogP contribution in [0.2, 0.25) is 0 Å². The summed E-state index contributed by atoms with van der Waals surface area (Å²) in [4.78, 5) is 22.5. The van der Waals surface area contributed by atoms with E-state index >= 15 is 0 Å². The molecule has 8 heteroatoms. The maximum absolute atomic E-state index is 12.3. The van der Waals surface area contributed by atoms with Gasteiger partial charge in [0, 0.05) is 11.8 Å². The first-order chi connectivity index (χ1) is 12.3. The van der Waals surface area contributed by atoms with Crippen LogP contribution in [0, 0.1) is 28.4 Å². The number of phenols is 1. The van der Waals surface area contributed by atoms with Gasteiger partial charge >= 0.3 is 5.69 Å². The van der Waals surface area contributed by atoms with E-state index in [-0.39, 0.29) is 16.9 Å². The van der Waals surface area contributed by atoms with Crippen molar-refractivity contribution >= 4 is 23.4 Å². The molecule has 0 unspecified atom stereocenters. The van der Waals surface area contributed by atoms with Crippen LogP contribution in [0.3, 0.4) is 0 Å². The zero-order valence-corrected chi connectivity index (χ0v) is 14.0. The Labute approximate surface area is 149 Å². The molecule has 132 valence electrons. The van der Waals surface area contributed by atoms with Crippen LogP contribution in [0.25, 0.3) is 6.08 Å². The zero-order valence-electron chi connectivity index (χ0n) is 14.0. The average molecular weight is 353 g/mol. The van der Waals surface area contributed by atoms with E-state index in [1.54, 1.807) is 24.3 Å². The Kier molecular flexibility index (Phi) is 5.55. The van der Waals surface area contributed by atoms with Crippen LogP contribution in [0.5, 0.6) is 11.5 Å². The predicted molar refractivity (Wildman–Crippen MR) is 94.7 cm³/mol. The number of hydrogen-bond donors (Lipinski definition) is 2. The van der Waals surface area contributed by atoms with Crippen LogP contribution >= 0.6 is 0 Å². The smallest absolute Gasteiger partial charge is 0.315 e. The standard InChI is InChI=1S/C18H15N3O5/c1-11-4-3-5-14(6-11)20-18(23)13(10-19)7-12-8-15(21(24)25)17(22)16(9-12)26-2/h3-9,22H,1-2H3,(H,20,23)/b13-7+. The molecule has 26 heavy (non-hydrogen) atoms. The number of aromatic hydroxyl groups is 1. The molecule has 8 nitrogen and oxygen atoms in total. The minimum atomic E-state index is -0.784. The van der Waals surface area contributed by atoms with Crippen molar-refractivity contribution in [3.63, 3.8) is 0 Å². The number of nitrogens with one attached hydrogen (secondary N) is 1. The SMILES string of the molecule is COc1cc(/C=C(\C#N)C(=O)Nc2cccc(C)c2)cc([N+](=O)[O-])c1O. The summed E-state index contributed by atoms with van der Waals surface area (Å²) in [7, 11) is 1.24. The first-order valence-electron chi connectivity index (χ1n) is 7.41. The third-order valence-corrected chi connectivity index (χ3v) is 3.45. The number of nitrogens with zero attached hydrogens (tertiary/aromatic N) is 2. The summed E-state index contributed by atoms with van der Waals surface area (Å²) in [5.74, 6) is -1.42. The van der Waals surface area contributed by atoms with Gasteiger partial charge in [0.15, 0.2) is 5.75 Å². The maximum atomic E-state index is 12.3. The molecule has 0 fully saturated rings. The van der Waals surface area contributed by atoms with Crippen molar-refractivity contribution in [2.75, 3.05) is 12.4 Å². The van der Waals surface area contributed by atoms with Crippen molar-refractivity contribution in [2.45, 2.75) is 6.92 Å². The number of methoxy groups -OCH3 is 1. The molecule has 0 aliphatic carbocycles. The quantitative estimate of drug-likeness (QED) is 0.368. The van der Waals surface area contributed by atoms with Gasteiger partial charge in [0.2, 0.25) is 5.75 Å². The van der Waals surface area contributed by atoms with Crippen molar-refractivity contribution < 1.29 is 19.6 Å². The molecule has 1 amide bonds. The highest BCUT2D eigenvalue weighted by atomic mass is 16.6. The number of amides is 1. The molecule has 2 aromatic carbocycles. The Balaban J connectivity index is 2.39. The van der Waals surface area contributed by atoms with E-state index in [0.717, 1.165) is 11.6 Å². The highest BCUT2D eigenvalue weighted by Gasteiger charge is 2.20. The predicted octanol–water partition coefficient (Wildman–Crippen LogP) is 3.16. The second kappa shape index (κ2) is 7.81. The van der Waals surface area contributed by atoms with Gasteiger partial charge in [-0.2, -0.15) is 5.26 Å². The number of aryl methyl sites for hydroxylation is 1. The molecule has 0 saturated carbocycles. The number of nitriles is 1. The van der Waals surface area contributed by atoms with Gasteiger partial charge in [-0.25, -0.2) is 0 Å². The lowest BCUT2D eigenvalue weighted by molar-refractivity contribution is -0.386. The van der Waals surface area contributed by atoms with Gasteiger partial charge in [0.05, 0.1) is 12.0 Å². The first-order valence-corrected chi connectivity index (χ1v) is 7.41. The Morgan fingerprint density at radius 2 is 2.12 bits per heavy atom. The third-order valence-electron chi connectivity index (χ3n) is 3.45. The van der Waals surface area contributed by atoms with Gasteiger partial charge in [0.25, 0.3) is 5.91 Å². The second-order valence-electron chi connectivity index (χ2n) is 5.34. The van der Waals surface area contributed by atoms with Crippen molar-refractivity contribution in [3.8, 4) is 17.6 Å². The molecule has 2 N–H and O–H groups in total. The summed E-state index contributed by atoms with van der Waals surface area (Å²) >= 11 is 0. The highest BCUT2D eigenvalue weighted by Crippen LogP contribution is 2.37. The van der Waals surface area contributed by atoms with E-state index in [1.165, 1.54) is 19.3 Å². The number of anilines is 1. The lowest BCUT2D eigenvalue weighted by Gasteiger charge is -2.07. The van der Waals surface area contributed by atoms with Gasteiger partial charge in [-0.1, -0.05) is 12.1 Å². The molecule has 0 aliphatic rings. The Morgan fingerprint density at radius 3 is 2.69 bits per heavy atom. The van der Waals surface area contributed by atoms with Crippen molar-refractivity contribution in [3.05, 3.63) is 63.2 Å². The van der Waals surface area contributed by atoms with Gasteiger partial charge in [0.1, 0.15) is 11.6 Å². The normalized spacial score (nSPS) is 10.7. The molecule has 0 atom stereocenters. The molecule has 0 radical (unpaired) electrons. The summed E-state index contributed by atoms with van der Waals surface area (Å²) in [6.07, 6.45) is 1.18. The fourth-order valence-corrected chi connectivity index (χ4v) is 2.23. The summed E-state index contributed by atoms with van der Waals surface area (Å²) < 4.78 is 4.89. The molecule has 0 aliphatic heterocycles. The van der Waals surface area contributed by atoms with E-state index in [4.69, 9.17) is 4.74 Å². The molecular weight excluding hydrogens is 338 g/mol. The molecular formula is C18H15N3O5. The number of nitro groups is 1. The lowest BCUT2D eigenvalue weighted by Crippen LogP contribution is -2.13. The number of ether oxygens (including phenoxy) is 1. The summed E-state index contributed by atoms with van der Waals surface area (Å²) in [5, 5.41) is 32.6. The van der Waals surface area contributed by atoms with Crippen LogP contribution in [-0.4, -0.2) is 23.0 Å². The van der Waals surface area contributed by atoms with E-state index in [1.807, 2.05) is 13.0 Å². The van der Waals surface area contributed by atoms with E-state index in [2.05, 4.69) is 5.32 Å². The topological polar surface area (TPSA) is 125 Å². The summed E-state index contributed by atoms with van der Waals surface area (Å²) in [6, 6.07) is 11.1. The van der Waals surface area contributed by atoms with Crippen LogP contribution in [0.15, 0.2) is 42.0 Å². The minimum Gasteiger partial charge on any atom is -0.500 e. The number of rotatable bonds is 5.